The Hall–Kier alpha value is -2.93. The number of rotatable bonds is 3. The number of amides is 2. The number of benzene rings is 2. The topological polar surface area (TPSA) is 74.7 Å². The zero-order valence-electron chi connectivity index (χ0n) is 12.1. The molecule has 1 fully saturated rings. The summed E-state index contributed by atoms with van der Waals surface area (Å²) in [6.45, 7) is 0. The third-order valence-corrected chi connectivity index (χ3v) is 4.21. The highest BCUT2D eigenvalue weighted by atomic mass is 32.2. The van der Waals surface area contributed by atoms with E-state index in [0.717, 1.165) is 4.90 Å². The molecular formula is C17H10FNO4S. The van der Waals surface area contributed by atoms with Crippen molar-refractivity contribution in [3.63, 3.8) is 0 Å². The molecule has 1 saturated heterocycles. The molecule has 1 aliphatic rings. The lowest BCUT2D eigenvalue weighted by atomic mass is 10.1. The van der Waals surface area contributed by atoms with E-state index < -0.39 is 22.9 Å². The normalized spacial score (nSPS) is 16.0. The van der Waals surface area contributed by atoms with Crippen molar-refractivity contribution in [3.05, 3.63) is 70.4 Å². The molecule has 3 rings (SSSR count). The van der Waals surface area contributed by atoms with E-state index >= 15 is 0 Å². The van der Waals surface area contributed by atoms with Gasteiger partial charge in [0.25, 0.3) is 11.1 Å². The van der Waals surface area contributed by atoms with Crippen LogP contribution in [0.4, 0.5) is 14.9 Å². The van der Waals surface area contributed by atoms with Gasteiger partial charge in [-0.05, 0) is 47.7 Å². The molecule has 0 aromatic heterocycles. The predicted molar refractivity (Wildman–Crippen MR) is 88.3 cm³/mol. The molecule has 2 aromatic carbocycles. The molecule has 0 radical (unpaired) electrons. The smallest absolute Gasteiger partial charge is 0.335 e. The minimum absolute atomic E-state index is 0.0929. The van der Waals surface area contributed by atoms with E-state index in [9.17, 15) is 18.8 Å². The molecule has 0 saturated carbocycles. The third kappa shape index (κ3) is 2.93. The summed E-state index contributed by atoms with van der Waals surface area (Å²) >= 11 is 0.706. The minimum atomic E-state index is -1.05. The van der Waals surface area contributed by atoms with Gasteiger partial charge in [-0.15, -0.1) is 0 Å². The number of hydrogen-bond acceptors (Lipinski definition) is 4. The van der Waals surface area contributed by atoms with E-state index in [4.69, 9.17) is 5.11 Å². The minimum Gasteiger partial charge on any atom is -0.478 e. The van der Waals surface area contributed by atoms with Gasteiger partial charge in [-0.3, -0.25) is 9.59 Å². The Morgan fingerprint density at radius 3 is 2.38 bits per heavy atom. The Morgan fingerprint density at radius 1 is 1.08 bits per heavy atom. The van der Waals surface area contributed by atoms with Crippen LogP contribution >= 0.6 is 11.8 Å². The maximum Gasteiger partial charge on any atom is 0.335 e. The van der Waals surface area contributed by atoms with Gasteiger partial charge < -0.3 is 5.11 Å². The summed E-state index contributed by atoms with van der Waals surface area (Å²) in [7, 11) is 0. The monoisotopic (exact) mass is 343 g/mol. The van der Waals surface area contributed by atoms with Crippen molar-refractivity contribution in [2.24, 2.45) is 0 Å². The summed E-state index contributed by atoms with van der Waals surface area (Å²) in [6.07, 6.45) is 1.47. The summed E-state index contributed by atoms with van der Waals surface area (Å²) in [5, 5.41) is 8.28. The molecule has 1 N–H and O–H groups in total. The van der Waals surface area contributed by atoms with Crippen molar-refractivity contribution in [1.82, 2.24) is 0 Å². The number of hydrogen-bond donors (Lipinski definition) is 1. The number of anilines is 1. The zero-order valence-corrected chi connectivity index (χ0v) is 12.9. The number of carboxylic acid groups (broad SMARTS) is 1. The van der Waals surface area contributed by atoms with Crippen LogP contribution in [0.25, 0.3) is 6.08 Å². The Bertz CT molecular complexity index is 876. The number of imide groups is 1. The van der Waals surface area contributed by atoms with Gasteiger partial charge in [0, 0.05) is 0 Å². The van der Waals surface area contributed by atoms with Gasteiger partial charge in [0.05, 0.1) is 16.2 Å². The maximum atomic E-state index is 13.8. The van der Waals surface area contributed by atoms with Gasteiger partial charge >= 0.3 is 5.97 Å². The van der Waals surface area contributed by atoms with Crippen LogP contribution in [0.15, 0.2) is 53.4 Å². The summed E-state index contributed by atoms with van der Waals surface area (Å²) < 4.78 is 13.8. The van der Waals surface area contributed by atoms with Gasteiger partial charge in [0.1, 0.15) is 5.82 Å². The molecule has 0 atom stereocenters. The lowest BCUT2D eigenvalue weighted by Crippen LogP contribution is -2.28. The summed E-state index contributed by atoms with van der Waals surface area (Å²) in [4.78, 5) is 36.2. The maximum absolute atomic E-state index is 13.8. The largest absolute Gasteiger partial charge is 0.478 e. The molecule has 0 spiro atoms. The number of halogens is 1. The van der Waals surface area contributed by atoms with Crippen LogP contribution in [0.1, 0.15) is 15.9 Å². The number of carbonyl (C=O) groups excluding carboxylic acids is 2. The lowest BCUT2D eigenvalue weighted by molar-refractivity contribution is -0.113. The van der Waals surface area contributed by atoms with Crippen molar-refractivity contribution >= 4 is 40.6 Å². The first kappa shape index (κ1) is 15.9. The van der Waals surface area contributed by atoms with Gasteiger partial charge in [-0.1, -0.05) is 24.3 Å². The Labute approximate surface area is 140 Å². The second-order valence-corrected chi connectivity index (χ2v) is 5.89. The fourth-order valence-electron chi connectivity index (χ4n) is 2.18. The van der Waals surface area contributed by atoms with Crippen molar-refractivity contribution in [3.8, 4) is 0 Å². The van der Waals surface area contributed by atoms with Crippen LogP contribution in [0.2, 0.25) is 0 Å². The van der Waals surface area contributed by atoms with Crippen LogP contribution in [0, 0.1) is 5.82 Å². The molecule has 1 aliphatic heterocycles. The number of thioether (sulfide) groups is 1. The van der Waals surface area contributed by atoms with Gasteiger partial charge in [0.15, 0.2) is 0 Å². The highest BCUT2D eigenvalue weighted by Crippen LogP contribution is 2.36. The highest BCUT2D eigenvalue weighted by Gasteiger charge is 2.37. The van der Waals surface area contributed by atoms with Gasteiger partial charge in [0.2, 0.25) is 0 Å². The van der Waals surface area contributed by atoms with Gasteiger partial charge in [-0.2, -0.15) is 0 Å². The fraction of sp³-hybridized carbons (Fsp3) is 0. The predicted octanol–water partition coefficient (Wildman–Crippen LogP) is 3.76. The first-order valence-electron chi connectivity index (χ1n) is 6.83. The second-order valence-electron chi connectivity index (χ2n) is 4.90. The summed E-state index contributed by atoms with van der Waals surface area (Å²) in [5.74, 6) is -2.33. The highest BCUT2D eigenvalue weighted by molar-refractivity contribution is 8.19. The molecular weight excluding hydrogens is 333 g/mol. The summed E-state index contributed by atoms with van der Waals surface area (Å²) in [5.41, 5.74) is 0.593. The second kappa shape index (κ2) is 6.29. The average molecular weight is 343 g/mol. The standard InChI is InChI=1S/C17H10FNO4S/c18-12-3-1-2-4-13(12)19-15(20)14(24-17(19)23)9-10-5-7-11(8-6-10)16(21)22/h1-9H,(H,21,22)/b14-9+. The lowest BCUT2D eigenvalue weighted by Gasteiger charge is -2.12. The zero-order chi connectivity index (χ0) is 17.3. The molecule has 2 aromatic rings. The Morgan fingerprint density at radius 2 is 1.75 bits per heavy atom. The SMILES string of the molecule is O=C(O)c1ccc(/C=C2/SC(=O)N(c3ccccc3F)C2=O)cc1. The van der Waals surface area contributed by atoms with Crippen LogP contribution in [-0.4, -0.2) is 22.2 Å². The van der Waals surface area contributed by atoms with E-state index in [2.05, 4.69) is 0 Å². The molecule has 1 heterocycles. The first-order chi connectivity index (χ1) is 11.5. The van der Waals surface area contributed by atoms with Crippen LogP contribution < -0.4 is 4.90 Å². The average Bonchev–Trinajstić information content (AvgIpc) is 2.83. The molecule has 7 heteroatoms. The fourth-order valence-corrected chi connectivity index (χ4v) is 3.02. The Kier molecular flexibility index (Phi) is 4.18. The number of carboxylic acids is 1. The number of aromatic carboxylic acids is 1. The van der Waals surface area contributed by atoms with Crippen molar-refractivity contribution < 1.29 is 23.9 Å². The van der Waals surface area contributed by atoms with E-state index in [1.807, 2.05) is 0 Å². The number of para-hydroxylation sites is 1. The molecule has 0 aliphatic carbocycles. The van der Waals surface area contributed by atoms with Crippen LogP contribution in [-0.2, 0) is 4.79 Å². The number of nitrogens with zero attached hydrogens (tertiary/aromatic N) is 1. The molecule has 0 bridgehead atoms. The van der Waals surface area contributed by atoms with Crippen molar-refractivity contribution in [2.45, 2.75) is 0 Å². The van der Waals surface area contributed by atoms with Crippen molar-refractivity contribution in [1.29, 1.82) is 0 Å². The molecule has 120 valence electrons. The van der Waals surface area contributed by atoms with Crippen LogP contribution in [0.5, 0.6) is 0 Å². The quantitative estimate of drug-likeness (QED) is 0.859. The van der Waals surface area contributed by atoms with Crippen LogP contribution in [0.3, 0.4) is 0 Å². The molecule has 5 nitrogen and oxygen atoms in total. The number of carbonyl (C=O) groups is 3. The van der Waals surface area contributed by atoms with E-state index in [1.165, 1.54) is 54.6 Å². The molecule has 24 heavy (non-hydrogen) atoms. The van der Waals surface area contributed by atoms with Crippen molar-refractivity contribution in [2.75, 3.05) is 4.90 Å². The van der Waals surface area contributed by atoms with E-state index in [0.29, 0.717) is 17.3 Å². The Balaban J connectivity index is 1.91. The molecule has 2 amide bonds. The summed E-state index contributed by atoms with van der Waals surface area (Å²) in [6, 6.07) is 11.4. The third-order valence-electron chi connectivity index (χ3n) is 3.34. The molecule has 0 unspecified atom stereocenters. The van der Waals surface area contributed by atoms with E-state index in [1.54, 1.807) is 0 Å². The van der Waals surface area contributed by atoms with E-state index in [-0.39, 0.29) is 16.2 Å². The van der Waals surface area contributed by atoms with Gasteiger partial charge in [-0.25, -0.2) is 14.1 Å². The first-order valence-corrected chi connectivity index (χ1v) is 7.65.